The van der Waals surface area contributed by atoms with E-state index in [4.69, 9.17) is 13.6 Å². The van der Waals surface area contributed by atoms with Gasteiger partial charge in [-0.1, -0.05) is 6.92 Å². The molecular formula is C13H15NO5. The molecule has 2 aromatic rings. The first kappa shape index (κ1) is 13.4. The van der Waals surface area contributed by atoms with E-state index in [0.29, 0.717) is 11.5 Å². The summed E-state index contributed by atoms with van der Waals surface area (Å²) in [4.78, 5) is 15.8. The van der Waals surface area contributed by atoms with Crippen molar-refractivity contribution in [3.05, 3.63) is 29.3 Å². The quantitative estimate of drug-likeness (QED) is 0.773. The van der Waals surface area contributed by atoms with Gasteiger partial charge in [0.25, 0.3) is 5.89 Å². The zero-order valence-corrected chi connectivity index (χ0v) is 11.1. The zero-order valence-electron chi connectivity index (χ0n) is 11.1. The summed E-state index contributed by atoms with van der Waals surface area (Å²) in [6.07, 6.45) is 0.773. The maximum atomic E-state index is 11.6. The van der Waals surface area contributed by atoms with E-state index in [-0.39, 0.29) is 18.3 Å². The number of rotatable bonds is 5. The molecule has 0 aliphatic heterocycles. The van der Waals surface area contributed by atoms with E-state index in [1.165, 1.54) is 14.2 Å². The highest BCUT2D eigenvalue weighted by Crippen LogP contribution is 2.25. The van der Waals surface area contributed by atoms with Gasteiger partial charge in [0.15, 0.2) is 5.76 Å². The molecule has 19 heavy (non-hydrogen) atoms. The summed E-state index contributed by atoms with van der Waals surface area (Å²) in [5, 5.41) is 0. The van der Waals surface area contributed by atoms with Crippen LogP contribution in [0.2, 0.25) is 0 Å². The number of carbonyl (C=O) groups is 1. The van der Waals surface area contributed by atoms with Gasteiger partial charge in [-0.05, 0) is 12.1 Å². The molecule has 0 N–H and O–H groups in total. The lowest BCUT2D eigenvalue weighted by molar-refractivity contribution is 0.0559. The Kier molecular flexibility index (Phi) is 4.01. The normalized spacial score (nSPS) is 10.7. The van der Waals surface area contributed by atoms with Crippen molar-refractivity contribution in [3.63, 3.8) is 0 Å². The summed E-state index contributed by atoms with van der Waals surface area (Å²) in [7, 11) is 2.79. The summed E-state index contributed by atoms with van der Waals surface area (Å²) in [6.45, 7) is 2.14. The van der Waals surface area contributed by atoms with Crippen molar-refractivity contribution >= 4 is 5.97 Å². The number of methoxy groups -OCH3 is 2. The van der Waals surface area contributed by atoms with Gasteiger partial charge in [-0.25, -0.2) is 9.78 Å². The number of aryl methyl sites for hydroxylation is 1. The molecule has 0 atom stereocenters. The first-order valence-electron chi connectivity index (χ1n) is 5.85. The van der Waals surface area contributed by atoms with E-state index in [1.807, 2.05) is 13.0 Å². The standard InChI is InChI=1S/C13H15NO5/c1-4-8-5-6-10(18-8)12-14-9(7-16-2)11(19-12)13(15)17-3/h5-6H,4,7H2,1-3H3. The second-order valence-electron chi connectivity index (χ2n) is 3.84. The fourth-order valence-electron chi connectivity index (χ4n) is 1.63. The van der Waals surface area contributed by atoms with E-state index < -0.39 is 5.97 Å². The van der Waals surface area contributed by atoms with Gasteiger partial charge in [0.2, 0.25) is 5.76 Å². The summed E-state index contributed by atoms with van der Waals surface area (Å²) in [5.41, 5.74) is 0.388. The fourth-order valence-corrected chi connectivity index (χ4v) is 1.63. The lowest BCUT2D eigenvalue weighted by Crippen LogP contribution is -2.04. The summed E-state index contributed by atoms with van der Waals surface area (Å²) < 4.78 is 20.6. The second-order valence-corrected chi connectivity index (χ2v) is 3.84. The molecular weight excluding hydrogens is 250 g/mol. The third kappa shape index (κ3) is 2.68. The molecule has 0 amide bonds. The number of oxazole rings is 1. The predicted molar refractivity (Wildman–Crippen MR) is 65.6 cm³/mol. The zero-order chi connectivity index (χ0) is 13.8. The highest BCUT2D eigenvalue weighted by atomic mass is 16.5. The maximum absolute atomic E-state index is 11.6. The monoisotopic (exact) mass is 265 g/mol. The topological polar surface area (TPSA) is 74.7 Å². The molecule has 0 saturated heterocycles. The number of carbonyl (C=O) groups excluding carboxylic acids is 1. The van der Waals surface area contributed by atoms with Crippen LogP contribution in [0.3, 0.4) is 0 Å². The van der Waals surface area contributed by atoms with Crippen molar-refractivity contribution in [2.24, 2.45) is 0 Å². The molecule has 6 heteroatoms. The molecule has 6 nitrogen and oxygen atoms in total. The maximum Gasteiger partial charge on any atom is 0.376 e. The van der Waals surface area contributed by atoms with Crippen molar-refractivity contribution in [3.8, 4) is 11.7 Å². The van der Waals surface area contributed by atoms with E-state index in [2.05, 4.69) is 9.72 Å². The Morgan fingerprint density at radius 3 is 2.68 bits per heavy atom. The fraction of sp³-hybridized carbons (Fsp3) is 0.385. The van der Waals surface area contributed by atoms with Gasteiger partial charge < -0.3 is 18.3 Å². The van der Waals surface area contributed by atoms with Gasteiger partial charge in [-0.2, -0.15) is 0 Å². The number of furan rings is 1. The van der Waals surface area contributed by atoms with E-state index >= 15 is 0 Å². The molecule has 2 aromatic heterocycles. The van der Waals surface area contributed by atoms with E-state index in [0.717, 1.165) is 12.2 Å². The van der Waals surface area contributed by atoms with E-state index in [1.54, 1.807) is 6.07 Å². The van der Waals surface area contributed by atoms with Crippen LogP contribution in [0.15, 0.2) is 21.0 Å². The lowest BCUT2D eigenvalue weighted by Gasteiger charge is -1.96. The molecule has 102 valence electrons. The van der Waals surface area contributed by atoms with Crippen molar-refractivity contribution in [2.75, 3.05) is 14.2 Å². The number of aromatic nitrogens is 1. The number of nitrogens with zero attached hydrogens (tertiary/aromatic N) is 1. The summed E-state index contributed by atoms with van der Waals surface area (Å²) >= 11 is 0. The number of ether oxygens (including phenoxy) is 2. The molecule has 0 bridgehead atoms. The average molecular weight is 265 g/mol. The Bertz CT molecular complexity index is 569. The highest BCUT2D eigenvalue weighted by Gasteiger charge is 2.22. The van der Waals surface area contributed by atoms with Crippen LogP contribution in [0.1, 0.15) is 28.9 Å². The average Bonchev–Trinajstić information content (AvgIpc) is 3.04. The molecule has 0 spiro atoms. The first-order valence-corrected chi connectivity index (χ1v) is 5.85. The molecule has 2 heterocycles. The Labute approximate surface area is 110 Å². The van der Waals surface area contributed by atoms with Crippen molar-refractivity contribution in [1.82, 2.24) is 4.98 Å². The number of esters is 1. The Balaban J connectivity index is 2.38. The minimum absolute atomic E-state index is 0.0359. The van der Waals surface area contributed by atoms with Gasteiger partial charge in [0, 0.05) is 13.5 Å². The predicted octanol–water partition coefficient (Wildman–Crippen LogP) is 2.43. The molecule has 0 saturated carbocycles. The molecule has 0 radical (unpaired) electrons. The van der Waals surface area contributed by atoms with Crippen LogP contribution < -0.4 is 0 Å². The first-order chi connectivity index (χ1) is 9.19. The Morgan fingerprint density at radius 1 is 1.32 bits per heavy atom. The van der Waals surface area contributed by atoms with Gasteiger partial charge in [0.05, 0.1) is 13.7 Å². The minimum atomic E-state index is -0.590. The SMILES string of the molecule is CCc1ccc(-c2nc(COC)c(C(=O)OC)o2)o1. The summed E-state index contributed by atoms with van der Waals surface area (Å²) in [5.74, 6) is 0.986. The van der Waals surface area contributed by atoms with Gasteiger partial charge in [-0.15, -0.1) is 0 Å². The van der Waals surface area contributed by atoms with Gasteiger partial charge in [0.1, 0.15) is 11.5 Å². The number of hydrogen-bond acceptors (Lipinski definition) is 6. The molecule has 2 rings (SSSR count). The van der Waals surface area contributed by atoms with E-state index in [9.17, 15) is 4.79 Å². The van der Waals surface area contributed by atoms with Crippen LogP contribution in [-0.4, -0.2) is 25.2 Å². The third-order valence-electron chi connectivity index (χ3n) is 2.57. The van der Waals surface area contributed by atoms with Crippen LogP contribution >= 0.6 is 0 Å². The lowest BCUT2D eigenvalue weighted by atomic mass is 10.3. The molecule has 0 aromatic carbocycles. The minimum Gasteiger partial charge on any atom is -0.463 e. The van der Waals surface area contributed by atoms with Crippen LogP contribution in [0.25, 0.3) is 11.7 Å². The van der Waals surface area contributed by atoms with Crippen LogP contribution in [0.5, 0.6) is 0 Å². The van der Waals surface area contributed by atoms with Crippen molar-refractivity contribution in [2.45, 2.75) is 20.0 Å². The van der Waals surface area contributed by atoms with Crippen LogP contribution in [-0.2, 0) is 22.5 Å². The molecule has 0 aliphatic rings. The Hall–Kier alpha value is -2.08. The molecule has 0 fully saturated rings. The van der Waals surface area contributed by atoms with Gasteiger partial charge >= 0.3 is 5.97 Å². The summed E-state index contributed by atoms with van der Waals surface area (Å²) in [6, 6.07) is 3.59. The largest absolute Gasteiger partial charge is 0.463 e. The molecule has 0 unspecified atom stereocenters. The van der Waals surface area contributed by atoms with Crippen molar-refractivity contribution in [1.29, 1.82) is 0 Å². The Morgan fingerprint density at radius 2 is 2.11 bits per heavy atom. The van der Waals surface area contributed by atoms with Crippen LogP contribution in [0.4, 0.5) is 0 Å². The third-order valence-corrected chi connectivity index (χ3v) is 2.57. The smallest absolute Gasteiger partial charge is 0.376 e. The van der Waals surface area contributed by atoms with Crippen molar-refractivity contribution < 1.29 is 23.1 Å². The van der Waals surface area contributed by atoms with Crippen LogP contribution in [0, 0.1) is 0 Å². The van der Waals surface area contributed by atoms with Gasteiger partial charge in [-0.3, -0.25) is 0 Å². The number of hydrogen-bond donors (Lipinski definition) is 0. The highest BCUT2D eigenvalue weighted by molar-refractivity contribution is 5.87. The molecule has 0 aliphatic carbocycles. The second kappa shape index (κ2) is 5.71.